The van der Waals surface area contributed by atoms with Crippen molar-refractivity contribution < 1.29 is 19.1 Å². The summed E-state index contributed by atoms with van der Waals surface area (Å²) in [5.41, 5.74) is 0.290. The predicted octanol–water partition coefficient (Wildman–Crippen LogP) is 3.39. The Morgan fingerprint density at radius 1 is 1.30 bits per heavy atom. The van der Waals surface area contributed by atoms with Crippen molar-refractivity contribution in [2.45, 2.75) is 46.0 Å². The summed E-state index contributed by atoms with van der Waals surface area (Å²) < 4.78 is 10.7. The Balaban J connectivity index is 2.19. The number of nitrogens with zero attached hydrogens (tertiary/aromatic N) is 1. The fraction of sp³-hybridized carbons (Fsp3) is 0.619. The number of amides is 2. The largest absolute Gasteiger partial charge is 0.497 e. The number of carbonyl (C=O) groups excluding carboxylic acids is 2. The summed E-state index contributed by atoms with van der Waals surface area (Å²) in [6.07, 6.45) is 4.00. The van der Waals surface area contributed by atoms with Gasteiger partial charge < -0.3 is 19.7 Å². The van der Waals surface area contributed by atoms with Gasteiger partial charge in [0.05, 0.1) is 19.1 Å². The van der Waals surface area contributed by atoms with Crippen LogP contribution in [-0.4, -0.2) is 50.3 Å². The molecule has 1 aromatic rings. The molecule has 0 bridgehead atoms. The van der Waals surface area contributed by atoms with E-state index in [0.29, 0.717) is 39.1 Å². The van der Waals surface area contributed by atoms with Gasteiger partial charge in [0.25, 0.3) is 0 Å². The molecule has 2 rings (SSSR count). The van der Waals surface area contributed by atoms with Gasteiger partial charge >= 0.3 is 12.0 Å². The van der Waals surface area contributed by atoms with Crippen LogP contribution in [0.5, 0.6) is 5.75 Å². The number of ether oxygens (including phenoxy) is 2. The number of piperidine rings is 1. The van der Waals surface area contributed by atoms with E-state index in [1.165, 1.54) is 0 Å². The maximum atomic E-state index is 12.9. The fourth-order valence-corrected chi connectivity index (χ4v) is 3.63. The molecule has 0 spiro atoms. The number of methoxy groups -OCH3 is 1. The second-order valence-corrected chi connectivity index (χ2v) is 7.14. The number of benzene rings is 1. The van der Waals surface area contributed by atoms with Crippen LogP contribution >= 0.6 is 0 Å². The van der Waals surface area contributed by atoms with Gasteiger partial charge in [0.1, 0.15) is 5.75 Å². The number of urea groups is 1. The average molecular weight is 376 g/mol. The summed E-state index contributed by atoms with van der Waals surface area (Å²) in [6, 6.07) is 7.65. The van der Waals surface area contributed by atoms with Gasteiger partial charge in [-0.15, -0.1) is 0 Å². The van der Waals surface area contributed by atoms with Crippen LogP contribution in [0.15, 0.2) is 24.3 Å². The summed E-state index contributed by atoms with van der Waals surface area (Å²) in [5.74, 6) is 0.537. The van der Waals surface area contributed by atoms with Gasteiger partial charge in [-0.05, 0) is 50.3 Å². The molecule has 150 valence electrons. The maximum Gasteiger partial charge on any atom is 0.317 e. The number of carbonyl (C=O) groups is 2. The highest BCUT2D eigenvalue weighted by molar-refractivity contribution is 5.80. The van der Waals surface area contributed by atoms with E-state index in [0.717, 1.165) is 30.6 Å². The van der Waals surface area contributed by atoms with Crippen LogP contribution in [0.3, 0.4) is 0 Å². The minimum Gasteiger partial charge on any atom is -0.497 e. The fourth-order valence-electron chi connectivity index (χ4n) is 3.63. The topological polar surface area (TPSA) is 67.9 Å². The Bertz CT molecular complexity index is 634. The first kappa shape index (κ1) is 21.1. The van der Waals surface area contributed by atoms with Gasteiger partial charge in [-0.25, -0.2) is 4.79 Å². The van der Waals surface area contributed by atoms with Gasteiger partial charge in [0.15, 0.2) is 0 Å². The number of likely N-dealkylation sites (tertiary alicyclic amines) is 1. The molecule has 1 fully saturated rings. The van der Waals surface area contributed by atoms with Gasteiger partial charge in [0.2, 0.25) is 0 Å². The SMILES string of the molecule is CCCCNC(=O)N1CCCC(Cc2cccc(OC)c2)(C(=O)OCC)C1. The van der Waals surface area contributed by atoms with E-state index < -0.39 is 5.41 Å². The zero-order valence-corrected chi connectivity index (χ0v) is 16.8. The smallest absolute Gasteiger partial charge is 0.317 e. The third-order valence-corrected chi connectivity index (χ3v) is 5.06. The molecule has 6 heteroatoms. The first-order valence-corrected chi connectivity index (χ1v) is 9.87. The lowest BCUT2D eigenvalue weighted by molar-refractivity contribution is -0.158. The quantitative estimate of drug-likeness (QED) is 0.558. The van der Waals surface area contributed by atoms with E-state index in [2.05, 4.69) is 12.2 Å². The zero-order valence-electron chi connectivity index (χ0n) is 16.8. The number of unbranched alkanes of at least 4 members (excludes halogenated alkanes) is 1. The van der Waals surface area contributed by atoms with Crippen molar-refractivity contribution >= 4 is 12.0 Å². The average Bonchev–Trinajstić information content (AvgIpc) is 2.68. The van der Waals surface area contributed by atoms with Crippen molar-refractivity contribution in [3.8, 4) is 5.75 Å². The molecule has 1 N–H and O–H groups in total. The van der Waals surface area contributed by atoms with E-state index in [-0.39, 0.29) is 12.0 Å². The van der Waals surface area contributed by atoms with Crippen LogP contribution in [-0.2, 0) is 16.0 Å². The molecular weight excluding hydrogens is 344 g/mol. The maximum absolute atomic E-state index is 12.9. The summed E-state index contributed by atoms with van der Waals surface area (Å²) in [4.78, 5) is 27.2. The molecule has 1 aliphatic rings. The summed E-state index contributed by atoms with van der Waals surface area (Å²) in [5, 5.41) is 2.96. The number of rotatable bonds is 8. The summed E-state index contributed by atoms with van der Waals surface area (Å²) in [7, 11) is 1.63. The molecule has 1 heterocycles. The molecule has 1 aliphatic heterocycles. The second-order valence-electron chi connectivity index (χ2n) is 7.14. The first-order chi connectivity index (χ1) is 13.0. The second kappa shape index (κ2) is 10.2. The van der Waals surface area contributed by atoms with Crippen molar-refractivity contribution in [1.82, 2.24) is 10.2 Å². The normalized spacial score (nSPS) is 19.4. The predicted molar refractivity (Wildman–Crippen MR) is 105 cm³/mol. The van der Waals surface area contributed by atoms with Crippen molar-refractivity contribution in [1.29, 1.82) is 0 Å². The van der Waals surface area contributed by atoms with E-state index in [9.17, 15) is 9.59 Å². The number of hydrogen-bond donors (Lipinski definition) is 1. The van der Waals surface area contributed by atoms with E-state index >= 15 is 0 Å². The lowest BCUT2D eigenvalue weighted by Gasteiger charge is -2.41. The van der Waals surface area contributed by atoms with E-state index in [1.54, 1.807) is 12.0 Å². The molecule has 1 atom stereocenters. The van der Waals surface area contributed by atoms with Crippen molar-refractivity contribution in [2.24, 2.45) is 5.41 Å². The number of hydrogen-bond acceptors (Lipinski definition) is 4. The third kappa shape index (κ3) is 5.62. The molecule has 0 aliphatic carbocycles. The third-order valence-electron chi connectivity index (χ3n) is 5.06. The van der Waals surface area contributed by atoms with E-state index in [1.807, 2.05) is 31.2 Å². The summed E-state index contributed by atoms with van der Waals surface area (Å²) >= 11 is 0. The molecule has 1 aromatic carbocycles. The van der Waals surface area contributed by atoms with Crippen LogP contribution in [0.4, 0.5) is 4.79 Å². The van der Waals surface area contributed by atoms with Crippen LogP contribution in [0.1, 0.15) is 45.1 Å². The number of nitrogens with one attached hydrogen (secondary N) is 1. The highest BCUT2D eigenvalue weighted by atomic mass is 16.5. The van der Waals surface area contributed by atoms with Crippen LogP contribution in [0.2, 0.25) is 0 Å². The zero-order chi connectivity index (χ0) is 19.7. The van der Waals surface area contributed by atoms with Crippen molar-refractivity contribution in [3.63, 3.8) is 0 Å². The van der Waals surface area contributed by atoms with Crippen LogP contribution in [0.25, 0.3) is 0 Å². The molecule has 0 aromatic heterocycles. The number of esters is 1. The van der Waals surface area contributed by atoms with E-state index in [4.69, 9.17) is 9.47 Å². The molecular formula is C21H32N2O4. The lowest BCUT2D eigenvalue weighted by Crippen LogP contribution is -2.54. The molecule has 1 unspecified atom stereocenters. The van der Waals surface area contributed by atoms with Crippen molar-refractivity contribution in [3.05, 3.63) is 29.8 Å². The monoisotopic (exact) mass is 376 g/mol. The van der Waals surface area contributed by atoms with Gasteiger partial charge in [0, 0.05) is 19.6 Å². The molecule has 0 saturated carbocycles. The van der Waals surface area contributed by atoms with Crippen molar-refractivity contribution in [2.75, 3.05) is 33.4 Å². The lowest BCUT2D eigenvalue weighted by atomic mass is 9.75. The Kier molecular flexibility index (Phi) is 7.95. The van der Waals surface area contributed by atoms with Crippen LogP contribution < -0.4 is 10.1 Å². The first-order valence-electron chi connectivity index (χ1n) is 9.87. The Morgan fingerprint density at radius 2 is 2.11 bits per heavy atom. The molecule has 27 heavy (non-hydrogen) atoms. The minimum absolute atomic E-state index is 0.0949. The Labute approximate surface area is 162 Å². The Morgan fingerprint density at radius 3 is 2.81 bits per heavy atom. The van der Waals surface area contributed by atoms with Gasteiger partial charge in [-0.2, -0.15) is 0 Å². The van der Waals surface area contributed by atoms with Gasteiger partial charge in [-0.1, -0.05) is 25.5 Å². The standard InChI is InChI=1S/C21H32N2O4/c1-4-6-12-22-20(25)23-13-8-11-21(16-23,19(24)27-5-2)15-17-9-7-10-18(14-17)26-3/h7,9-10,14H,4-6,8,11-13,15-16H2,1-3H3,(H,22,25). The van der Waals surface area contributed by atoms with Gasteiger partial charge in [-0.3, -0.25) is 4.79 Å². The minimum atomic E-state index is -0.720. The molecule has 2 amide bonds. The highest BCUT2D eigenvalue weighted by Gasteiger charge is 2.44. The van der Waals surface area contributed by atoms with Crippen LogP contribution in [0, 0.1) is 5.41 Å². The Hall–Kier alpha value is -2.24. The highest BCUT2D eigenvalue weighted by Crippen LogP contribution is 2.36. The molecule has 0 radical (unpaired) electrons. The molecule has 1 saturated heterocycles. The summed E-state index contributed by atoms with van der Waals surface area (Å²) in [6.45, 7) is 5.94. The molecule has 6 nitrogen and oxygen atoms in total.